The molecular formula is C35H32I2N2O8. The van der Waals surface area contributed by atoms with E-state index in [0.717, 1.165) is 6.08 Å². The number of carbonyl (C=O) groups excluding carboxylic acids is 3. The van der Waals surface area contributed by atoms with Gasteiger partial charge in [-0.15, -0.1) is 0 Å². The van der Waals surface area contributed by atoms with Crippen molar-refractivity contribution >= 4 is 29.9 Å². The van der Waals surface area contributed by atoms with Crippen molar-refractivity contribution in [3.8, 4) is 17.2 Å². The Bertz CT molecular complexity index is 1840. The molecule has 2 N–H and O–H groups in total. The van der Waals surface area contributed by atoms with E-state index in [1.165, 1.54) is 31.4 Å². The van der Waals surface area contributed by atoms with Gasteiger partial charge < -0.3 is 72.4 Å². The highest BCUT2D eigenvalue weighted by Crippen LogP contribution is 2.29. The summed E-state index contributed by atoms with van der Waals surface area (Å²) < 4.78 is 19.8. The number of hydrogen-bond donors (Lipinski definition) is 2. The average molecular weight is 862 g/mol. The summed E-state index contributed by atoms with van der Waals surface area (Å²) in [5.41, 5.74) is 2.30. The van der Waals surface area contributed by atoms with Crippen LogP contribution in [0.1, 0.15) is 37.4 Å². The van der Waals surface area contributed by atoms with Crippen LogP contribution < -0.4 is 71.3 Å². The van der Waals surface area contributed by atoms with Crippen LogP contribution in [0.4, 0.5) is 0 Å². The fraction of sp³-hybridized carbons (Fsp3) is 0.114. The number of nitrogens with zero attached hydrogens (tertiary/aromatic N) is 2. The van der Waals surface area contributed by atoms with E-state index in [9.17, 15) is 24.6 Å². The van der Waals surface area contributed by atoms with Gasteiger partial charge in [0, 0.05) is 23.8 Å². The lowest BCUT2D eigenvalue weighted by molar-refractivity contribution is -0.671. The van der Waals surface area contributed by atoms with Crippen LogP contribution in [-0.4, -0.2) is 35.0 Å². The maximum absolute atomic E-state index is 12.5. The number of esters is 2. The number of benzene rings is 2. The molecule has 244 valence electrons. The average Bonchev–Trinajstić information content (AvgIpc) is 3.03. The van der Waals surface area contributed by atoms with Gasteiger partial charge in [0.1, 0.15) is 36.7 Å². The van der Waals surface area contributed by atoms with Crippen molar-refractivity contribution in [3.05, 3.63) is 137 Å². The number of aromatic nitrogens is 2. The van der Waals surface area contributed by atoms with Gasteiger partial charge in [-0.3, -0.25) is 4.79 Å². The summed E-state index contributed by atoms with van der Waals surface area (Å²) in [6, 6.07) is 16.4. The Balaban J connectivity index is 0.00000384. The molecule has 0 bridgehead atoms. The zero-order valence-corrected chi connectivity index (χ0v) is 30.0. The molecule has 2 aromatic carbocycles. The number of hydrogen-bond acceptors (Lipinski definition) is 8. The fourth-order valence-electron chi connectivity index (χ4n) is 4.14. The molecule has 4 rings (SSSR count). The summed E-state index contributed by atoms with van der Waals surface area (Å²) in [4.78, 5) is 37.4. The van der Waals surface area contributed by atoms with Gasteiger partial charge in [0.25, 0.3) is 0 Å². The molecule has 0 atom stereocenters. The maximum Gasteiger partial charge on any atom is 0.349 e. The van der Waals surface area contributed by atoms with Crippen molar-refractivity contribution in [2.75, 3.05) is 7.11 Å². The number of pyridine rings is 2. The van der Waals surface area contributed by atoms with Crippen molar-refractivity contribution in [1.29, 1.82) is 0 Å². The van der Waals surface area contributed by atoms with E-state index in [4.69, 9.17) is 14.2 Å². The van der Waals surface area contributed by atoms with Crippen LogP contribution in [0.25, 0.3) is 12.2 Å². The number of aryl methyl sites for hydroxylation is 2. The van der Waals surface area contributed by atoms with Crippen LogP contribution in [0.5, 0.6) is 17.2 Å². The Morgan fingerprint density at radius 3 is 1.83 bits per heavy atom. The molecule has 0 saturated heterocycles. The van der Waals surface area contributed by atoms with E-state index in [-0.39, 0.29) is 71.8 Å². The van der Waals surface area contributed by atoms with Gasteiger partial charge >= 0.3 is 11.9 Å². The van der Waals surface area contributed by atoms with E-state index in [1.54, 1.807) is 109 Å². The molecule has 0 aliphatic carbocycles. The molecule has 0 amide bonds. The molecule has 0 aliphatic heterocycles. The molecule has 0 radical (unpaired) electrons. The SMILES string of the molecule is COc1cc(/C=C/C(O)=C/C(=O)/C=C/c2ccc(OC(=O)c3ccc[n+](C)c3)c(CO)c2)ccc1OC(=O)c1ccc[n+](C)c1.[I-].[I-]. The lowest BCUT2D eigenvalue weighted by atomic mass is 10.1. The third-order valence-corrected chi connectivity index (χ3v) is 6.38. The monoisotopic (exact) mass is 862 g/mol. The van der Waals surface area contributed by atoms with E-state index >= 15 is 0 Å². The molecule has 2 aromatic heterocycles. The molecule has 0 unspecified atom stereocenters. The molecular weight excluding hydrogens is 830 g/mol. The normalized spacial score (nSPS) is 11.0. The van der Waals surface area contributed by atoms with E-state index in [1.807, 2.05) is 0 Å². The van der Waals surface area contributed by atoms with Crippen LogP contribution in [0, 0.1) is 0 Å². The lowest BCUT2D eigenvalue weighted by Gasteiger charge is -2.09. The van der Waals surface area contributed by atoms with Crippen LogP contribution in [0.15, 0.2) is 109 Å². The Morgan fingerprint density at radius 1 is 0.745 bits per heavy atom. The zero-order valence-electron chi connectivity index (χ0n) is 25.7. The number of carbonyl (C=O) groups is 3. The number of rotatable bonds is 11. The Hall–Kier alpha value is -4.41. The molecule has 12 heteroatoms. The van der Waals surface area contributed by atoms with Crippen molar-refractivity contribution in [2.24, 2.45) is 14.1 Å². The van der Waals surface area contributed by atoms with Crippen LogP contribution in [0.3, 0.4) is 0 Å². The summed E-state index contributed by atoms with van der Waals surface area (Å²) in [5.74, 6) is -1.13. The van der Waals surface area contributed by atoms with Crippen molar-refractivity contribution < 1.29 is 95.9 Å². The highest BCUT2D eigenvalue weighted by atomic mass is 127. The van der Waals surface area contributed by atoms with E-state index < -0.39 is 17.7 Å². The summed E-state index contributed by atoms with van der Waals surface area (Å²) in [6.07, 6.45) is 13.6. The van der Waals surface area contributed by atoms with Crippen molar-refractivity contribution in [1.82, 2.24) is 0 Å². The molecule has 47 heavy (non-hydrogen) atoms. The number of methoxy groups -OCH3 is 1. The smallest absolute Gasteiger partial charge is 0.349 e. The van der Waals surface area contributed by atoms with Gasteiger partial charge in [0.05, 0.1) is 13.7 Å². The lowest BCUT2D eigenvalue weighted by Crippen LogP contribution is -3.00. The number of allylic oxidation sites excluding steroid dienone is 3. The van der Waals surface area contributed by atoms with Gasteiger partial charge in [-0.1, -0.05) is 24.3 Å². The second-order valence-electron chi connectivity index (χ2n) is 9.87. The number of ketones is 1. The fourth-order valence-corrected chi connectivity index (χ4v) is 4.14. The third kappa shape index (κ3) is 11.4. The maximum atomic E-state index is 12.5. The number of halogens is 2. The largest absolute Gasteiger partial charge is 1.00 e. The third-order valence-electron chi connectivity index (χ3n) is 6.38. The van der Waals surface area contributed by atoms with E-state index in [0.29, 0.717) is 33.6 Å². The Kier molecular flexibility index (Phi) is 15.4. The standard InChI is InChI=1S/C35H31N2O8.2HI/c1-36-16-4-6-26(21-36)34(41)44-31-14-10-24(18-28(31)23-38)8-12-29(39)20-30(40)13-9-25-11-15-32(33(19-25)43-3)45-35(42)27-7-5-17-37(2)22-27;;/h4-22,38H,23H2,1-3H3;2*1H/q+1;;/p-1/b12-8+,13-9+;;. The first-order chi connectivity index (χ1) is 21.6. The molecule has 0 aliphatic rings. The Morgan fingerprint density at radius 2 is 1.28 bits per heavy atom. The molecule has 10 nitrogen and oxygen atoms in total. The highest BCUT2D eigenvalue weighted by molar-refractivity contribution is 6.02. The predicted molar refractivity (Wildman–Crippen MR) is 164 cm³/mol. The van der Waals surface area contributed by atoms with Crippen molar-refractivity contribution in [2.45, 2.75) is 6.61 Å². The molecule has 0 spiro atoms. The summed E-state index contributed by atoms with van der Waals surface area (Å²) >= 11 is 0. The minimum absolute atomic E-state index is 0. The summed E-state index contributed by atoms with van der Waals surface area (Å²) in [7, 11) is 5.03. The van der Waals surface area contributed by atoms with Gasteiger partial charge in [0.2, 0.25) is 0 Å². The molecule has 0 saturated carbocycles. The van der Waals surface area contributed by atoms with Gasteiger partial charge in [-0.05, 0) is 59.7 Å². The number of aliphatic hydroxyl groups excluding tert-OH is 2. The van der Waals surface area contributed by atoms with Crippen LogP contribution >= 0.6 is 0 Å². The predicted octanol–water partition coefficient (Wildman–Crippen LogP) is -1.98. The number of aliphatic hydroxyl groups is 2. The van der Waals surface area contributed by atoms with Crippen molar-refractivity contribution in [3.63, 3.8) is 0 Å². The Labute approximate surface area is 306 Å². The van der Waals surface area contributed by atoms with Crippen LogP contribution in [-0.2, 0) is 25.5 Å². The minimum atomic E-state index is -0.566. The zero-order chi connectivity index (χ0) is 32.3. The van der Waals surface area contributed by atoms with Gasteiger partial charge in [-0.2, -0.15) is 0 Å². The van der Waals surface area contributed by atoms with E-state index in [2.05, 4.69) is 0 Å². The first kappa shape index (κ1) is 38.8. The summed E-state index contributed by atoms with van der Waals surface area (Å²) in [6.45, 7) is -0.383. The minimum Gasteiger partial charge on any atom is -1.00 e. The number of ether oxygens (including phenoxy) is 3. The summed E-state index contributed by atoms with van der Waals surface area (Å²) in [5, 5.41) is 20.1. The van der Waals surface area contributed by atoms with Gasteiger partial charge in [-0.25, -0.2) is 18.7 Å². The second-order valence-corrected chi connectivity index (χ2v) is 9.87. The highest BCUT2D eigenvalue weighted by Gasteiger charge is 2.16. The molecule has 0 fully saturated rings. The first-order valence-corrected chi connectivity index (χ1v) is 13.7. The van der Waals surface area contributed by atoms with Crippen LogP contribution in [0.2, 0.25) is 0 Å². The quantitative estimate of drug-likeness (QED) is 0.0339. The second kappa shape index (κ2) is 18.7. The first-order valence-electron chi connectivity index (χ1n) is 13.7. The topological polar surface area (TPSA) is 127 Å². The molecule has 4 aromatic rings. The van der Waals surface area contributed by atoms with Gasteiger partial charge in [0.15, 0.2) is 42.1 Å². The molecule has 2 heterocycles.